The lowest BCUT2D eigenvalue weighted by molar-refractivity contribution is -0.384. The number of nitro groups is 1. The van der Waals surface area contributed by atoms with Gasteiger partial charge in [-0.2, -0.15) is 0 Å². The van der Waals surface area contributed by atoms with E-state index in [1.807, 2.05) is 0 Å². The van der Waals surface area contributed by atoms with Crippen LogP contribution >= 0.6 is 12.2 Å². The van der Waals surface area contributed by atoms with Crippen molar-refractivity contribution in [1.29, 1.82) is 0 Å². The number of nitro benzene ring substituents is 1. The van der Waals surface area contributed by atoms with Gasteiger partial charge in [-0.25, -0.2) is 0 Å². The summed E-state index contributed by atoms with van der Waals surface area (Å²) in [7, 11) is 1.38. The average Bonchev–Trinajstić information content (AvgIpc) is 2.96. The molecule has 0 saturated carbocycles. The van der Waals surface area contributed by atoms with Gasteiger partial charge < -0.3 is 15.4 Å². The maximum absolute atomic E-state index is 12.3. The number of ether oxygens (including phenoxy) is 1. The molecule has 0 fully saturated rings. The number of amides is 3. The van der Waals surface area contributed by atoms with E-state index >= 15 is 0 Å². The number of thiocarbonyl (C=S) groups is 1. The highest BCUT2D eigenvalue weighted by molar-refractivity contribution is 7.80. The Morgan fingerprint density at radius 2 is 1.80 bits per heavy atom. The van der Waals surface area contributed by atoms with Gasteiger partial charge in [0, 0.05) is 25.1 Å². The number of carbonyl (C=O) groups is 3. The van der Waals surface area contributed by atoms with Crippen molar-refractivity contribution < 1.29 is 24.0 Å². The van der Waals surface area contributed by atoms with Gasteiger partial charge in [0.15, 0.2) is 5.11 Å². The summed E-state index contributed by atoms with van der Waals surface area (Å²) in [5.74, 6) is -1.15. The minimum absolute atomic E-state index is 0.110. The van der Waals surface area contributed by atoms with Crippen LogP contribution < -0.4 is 15.4 Å². The molecule has 0 aliphatic carbocycles. The molecule has 11 heteroatoms. The topological polar surface area (TPSA) is 131 Å². The molecule has 0 aromatic heterocycles. The number of methoxy groups -OCH3 is 1. The van der Waals surface area contributed by atoms with Crippen molar-refractivity contribution in [2.45, 2.75) is 6.42 Å². The molecule has 0 bridgehead atoms. The molecule has 3 amide bonds. The van der Waals surface area contributed by atoms with E-state index in [1.165, 1.54) is 25.3 Å². The molecule has 1 aliphatic rings. The first-order chi connectivity index (χ1) is 14.3. The van der Waals surface area contributed by atoms with Gasteiger partial charge in [0.05, 0.1) is 28.8 Å². The summed E-state index contributed by atoms with van der Waals surface area (Å²) in [6.07, 6.45) is -0.167. The number of anilines is 1. The number of non-ortho nitro benzene ring substituents is 1. The summed E-state index contributed by atoms with van der Waals surface area (Å²) in [5.41, 5.74) is 0.631. The zero-order valence-corrected chi connectivity index (χ0v) is 16.5. The number of hydrogen-bond donors (Lipinski definition) is 2. The van der Waals surface area contributed by atoms with Crippen molar-refractivity contribution in [3.8, 4) is 5.75 Å². The third kappa shape index (κ3) is 4.25. The Labute approximate surface area is 176 Å². The summed E-state index contributed by atoms with van der Waals surface area (Å²) in [6.45, 7) is -0.110. The van der Waals surface area contributed by atoms with Gasteiger partial charge in [-0.1, -0.05) is 12.1 Å². The fourth-order valence-corrected chi connectivity index (χ4v) is 3.13. The highest BCUT2D eigenvalue weighted by Gasteiger charge is 2.35. The van der Waals surface area contributed by atoms with Crippen LogP contribution in [0.5, 0.6) is 5.75 Å². The Morgan fingerprint density at radius 3 is 2.37 bits per heavy atom. The van der Waals surface area contributed by atoms with Crippen LogP contribution in [0.3, 0.4) is 0 Å². The van der Waals surface area contributed by atoms with E-state index in [2.05, 4.69) is 10.6 Å². The van der Waals surface area contributed by atoms with Gasteiger partial charge in [-0.3, -0.25) is 29.4 Å². The predicted molar refractivity (Wildman–Crippen MR) is 110 cm³/mol. The van der Waals surface area contributed by atoms with Crippen molar-refractivity contribution in [3.05, 3.63) is 63.7 Å². The van der Waals surface area contributed by atoms with E-state index in [0.717, 1.165) is 4.90 Å². The Hall–Kier alpha value is -3.86. The smallest absolute Gasteiger partial charge is 0.271 e. The van der Waals surface area contributed by atoms with E-state index in [9.17, 15) is 24.5 Å². The molecule has 0 radical (unpaired) electrons. The largest absolute Gasteiger partial charge is 0.495 e. The van der Waals surface area contributed by atoms with Gasteiger partial charge in [0.1, 0.15) is 5.75 Å². The van der Waals surface area contributed by atoms with Crippen molar-refractivity contribution in [1.82, 2.24) is 10.2 Å². The van der Waals surface area contributed by atoms with Crippen LogP contribution in [-0.4, -0.2) is 46.3 Å². The van der Waals surface area contributed by atoms with Crippen LogP contribution in [0.15, 0.2) is 42.5 Å². The zero-order valence-electron chi connectivity index (χ0n) is 15.7. The van der Waals surface area contributed by atoms with E-state index in [1.54, 1.807) is 24.3 Å². The quantitative estimate of drug-likeness (QED) is 0.310. The normalized spacial score (nSPS) is 12.4. The minimum atomic E-state index is -0.575. The number of fused-ring (bicyclic) bond motifs is 1. The van der Waals surface area contributed by atoms with Gasteiger partial charge in [-0.15, -0.1) is 0 Å². The number of nitrogens with one attached hydrogen (secondary N) is 2. The second-order valence-corrected chi connectivity index (χ2v) is 6.61. The van der Waals surface area contributed by atoms with Crippen LogP contribution in [0.25, 0.3) is 0 Å². The Morgan fingerprint density at radius 1 is 1.17 bits per heavy atom. The SMILES string of the molecule is COc1ccc([N+](=O)[O-])cc1NC(=S)NC(=O)CCN1C(=O)c2ccccc2C1=O. The van der Waals surface area contributed by atoms with E-state index in [-0.39, 0.29) is 29.5 Å². The second kappa shape index (κ2) is 8.66. The van der Waals surface area contributed by atoms with Crippen LogP contribution in [-0.2, 0) is 4.79 Å². The van der Waals surface area contributed by atoms with Gasteiger partial charge >= 0.3 is 0 Å². The van der Waals surface area contributed by atoms with E-state index in [0.29, 0.717) is 16.9 Å². The number of nitrogens with zero attached hydrogens (tertiary/aromatic N) is 2. The minimum Gasteiger partial charge on any atom is -0.495 e. The average molecular weight is 428 g/mol. The fraction of sp³-hybridized carbons (Fsp3) is 0.158. The lowest BCUT2D eigenvalue weighted by atomic mass is 10.1. The lowest BCUT2D eigenvalue weighted by Gasteiger charge is -2.15. The van der Waals surface area contributed by atoms with Crippen molar-refractivity contribution >= 4 is 46.4 Å². The zero-order chi connectivity index (χ0) is 21.8. The third-order valence-corrected chi connectivity index (χ3v) is 4.54. The first kappa shape index (κ1) is 20.9. The molecule has 1 heterocycles. The maximum atomic E-state index is 12.3. The van der Waals surface area contributed by atoms with E-state index in [4.69, 9.17) is 17.0 Å². The Bertz CT molecular complexity index is 1040. The number of imide groups is 1. The molecule has 3 rings (SSSR count). The van der Waals surface area contributed by atoms with Crippen molar-refractivity contribution in [3.63, 3.8) is 0 Å². The Balaban J connectivity index is 1.58. The molecule has 0 atom stereocenters. The molecule has 2 aromatic carbocycles. The molecule has 2 N–H and O–H groups in total. The van der Waals surface area contributed by atoms with Crippen LogP contribution in [0.1, 0.15) is 27.1 Å². The summed E-state index contributed by atoms with van der Waals surface area (Å²) < 4.78 is 5.12. The number of hydrogen-bond acceptors (Lipinski definition) is 7. The summed E-state index contributed by atoms with van der Waals surface area (Å²) in [4.78, 5) is 48.2. The standard InChI is InChI=1S/C19H16N4O6S/c1-29-15-7-6-11(23(27)28)10-14(15)20-19(30)21-16(24)8-9-22-17(25)12-4-2-3-5-13(12)18(22)26/h2-7,10H,8-9H2,1H3,(H2,20,21,24,30). The van der Waals surface area contributed by atoms with Gasteiger partial charge in [0.2, 0.25) is 5.91 Å². The van der Waals surface area contributed by atoms with Crippen LogP contribution in [0.2, 0.25) is 0 Å². The fourth-order valence-electron chi connectivity index (χ4n) is 2.91. The van der Waals surface area contributed by atoms with Gasteiger partial charge in [-0.05, 0) is 30.4 Å². The highest BCUT2D eigenvalue weighted by atomic mass is 32.1. The summed E-state index contributed by atoms with van der Waals surface area (Å²) in [5, 5.41) is 15.9. The number of benzene rings is 2. The van der Waals surface area contributed by atoms with Crippen molar-refractivity contribution in [2.24, 2.45) is 0 Å². The molecule has 0 saturated heterocycles. The van der Waals surface area contributed by atoms with Crippen molar-refractivity contribution in [2.75, 3.05) is 19.0 Å². The number of carbonyl (C=O) groups excluding carboxylic acids is 3. The van der Waals surface area contributed by atoms with Crippen LogP contribution in [0.4, 0.5) is 11.4 Å². The van der Waals surface area contributed by atoms with E-state index < -0.39 is 22.6 Å². The first-order valence-corrected chi connectivity index (χ1v) is 9.11. The maximum Gasteiger partial charge on any atom is 0.271 e. The molecule has 30 heavy (non-hydrogen) atoms. The molecule has 0 spiro atoms. The molecule has 10 nitrogen and oxygen atoms in total. The summed E-state index contributed by atoms with van der Waals surface area (Å²) >= 11 is 5.06. The molecular formula is C19H16N4O6S. The molecular weight excluding hydrogens is 412 g/mol. The van der Waals surface area contributed by atoms with Gasteiger partial charge in [0.25, 0.3) is 17.5 Å². The Kier molecular flexibility index (Phi) is 6.02. The molecule has 2 aromatic rings. The molecule has 0 unspecified atom stereocenters. The third-order valence-electron chi connectivity index (χ3n) is 4.34. The predicted octanol–water partition coefficient (Wildman–Crippen LogP) is 2.10. The second-order valence-electron chi connectivity index (χ2n) is 6.20. The lowest BCUT2D eigenvalue weighted by Crippen LogP contribution is -2.38. The summed E-state index contributed by atoms with van der Waals surface area (Å²) in [6, 6.07) is 10.3. The molecule has 1 aliphatic heterocycles. The monoisotopic (exact) mass is 428 g/mol. The van der Waals surface area contributed by atoms with Crippen LogP contribution in [0, 0.1) is 10.1 Å². The first-order valence-electron chi connectivity index (χ1n) is 8.70. The molecule has 154 valence electrons. The highest BCUT2D eigenvalue weighted by Crippen LogP contribution is 2.28. The number of rotatable bonds is 6.